The van der Waals surface area contributed by atoms with Crippen molar-refractivity contribution in [2.24, 2.45) is 0 Å². The van der Waals surface area contributed by atoms with Gasteiger partial charge < -0.3 is 10.1 Å². The second-order valence-electron chi connectivity index (χ2n) is 6.16. The number of hydrogen-bond acceptors (Lipinski definition) is 1. The molecule has 130 valence electrons. The van der Waals surface area contributed by atoms with E-state index in [0.29, 0.717) is 10.0 Å². The Kier molecular flexibility index (Phi) is 5.36. The highest BCUT2D eigenvalue weighted by atomic mass is 35.5. The number of unbranched alkanes of at least 4 members (excludes halogenated alkanes) is 1. The van der Waals surface area contributed by atoms with E-state index in [1.54, 1.807) is 12.1 Å². The summed E-state index contributed by atoms with van der Waals surface area (Å²) in [5, 5.41) is 11.2. The summed E-state index contributed by atoms with van der Waals surface area (Å²) in [5.74, 6) is -0.860. The normalized spacial score (nSPS) is 11.2. The maximum atomic E-state index is 11.4. The summed E-state index contributed by atoms with van der Waals surface area (Å²) in [7, 11) is 0. The first-order valence-electron chi connectivity index (χ1n) is 8.30. The van der Waals surface area contributed by atoms with Crippen molar-refractivity contribution >= 4 is 40.1 Å². The van der Waals surface area contributed by atoms with Crippen LogP contribution in [0.25, 0.3) is 22.2 Å². The first-order valence-corrected chi connectivity index (χ1v) is 9.06. The van der Waals surface area contributed by atoms with Gasteiger partial charge >= 0.3 is 5.97 Å². The van der Waals surface area contributed by atoms with Gasteiger partial charge in [-0.05, 0) is 53.8 Å². The SMILES string of the molecule is CCCCc1ccc2[nH]c(-c3ccc(Cl)c(Cl)c3)c(CC(=O)O)c2c1. The Morgan fingerprint density at radius 3 is 2.60 bits per heavy atom. The molecule has 0 radical (unpaired) electrons. The summed E-state index contributed by atoms with van der Waals surface area (Å²) >= 11 is 12.1. The topological polar surface area (TPSA) is 53.1 Å². The zero-order valence-electron chi connectivity index (χ0n) is 13.9. The quantitative estimate of drug-likeness (QED) is 0.545. The van der Waals surface area contributed by atoms with E-state index in [-0.39, 0.29) is 6.42 Å². The average Bonchev–Trinajstić information content (AvgIpc) is 2.93. The van der Waals surface area contributed by atoms with Crippen molar-refractivity contribution in [1.82, 2.24) is 4.98 Å². The molecule has 2 aromatic carbocycles. The van der Waals surface area contributed by atoms with Crippen molar-refractivity contribution in [2.75, 3.05) is 0 Å². The third-order valence-electron chi connectivity index (χ3n) is 4.33. The number of benzene rings is 2. The van der Waals surface area contributed by atoms with Crippen molar-refractivity contribution < 1.29 is 9.90 Å². The monoisotopic (exact) mass is 375 g/mol. The van der Waals surface area contributed by atoms with E-state index >= 15 is 0 Å². The zero-order chi connectivity index (χ0) is 18.0. The van der Waals surface area contributed by atoms with Gasteiger partial charge in [0.2, 0.25) is 0 Å². The molecule has 3 nitrogen and oxygen atoms in total. The maximum absolute atomic E-state index is 11.4. The Labute approximate surface area is 156 Å². The highest BCUT2D eigenvalue weighted by Gasteiger charge is 2.17. The van der Waals surface area contributed by atoms with Crippen molar-refractivity contribution in [1.29, 1.82) is 0 Å². The van der Waals surface area contributed by atoms with Crippen molar-refractivity contribution in [3.63, 3.8) is 0 Å². The molecule has 0 saturated carbocycles. The van der Waals surface area contributed by atoms with E-state index in [1.165, 1.54) is 5.56 Å². The van der Waals surface area contributed by atoms with E-state index < -0.39 is 5.97 Å². The number of carboxylic acid groups (broad SMARTS) is 1. The number of nitrogens with one attached hydrogen (secondary N) is 1. The Morgan fingerprint density at radius 2 is 1.92 bits per heavy atom. The molecular formula is C20H19Cl2NO2. The highest BCUT2D eigenvalue weighted by Crippen LogP contribution is 2.34. The van der Waals surface area contributed by atoms with Gasteiger partial charge in [-0.25, -0.2) is 0 Å². The number of hydrogen-bond donors (Lipinski definition) is 2. The molecule has 25 heavy (non-hydrogen) atoms. The molecule has 0 atom stereocenters. The van der Waals surface area contributed by atoms with Gasteiger partial charge in [0.1, 0.15) is 0 Å². The van der Waals surface area contributed by atoms with Crippen LogP contribution in [0, 0.1) is 0 Å². The first-order chi connectivity index (χ1) is 12.0. The molecule has 0 amide bonds. The minimum atomic E-state index is -0.860. The van der Waals surface area contributed by atoms with Crippen molar-refractivity contribution in [3.05, 3.63) is 57.6 Å². The summed E-state index contributed by atoms with van der Waals surface area (Å²) < 4.78 is 0. The van der Waals surface area contributed by atoms with Gasteiger partial charge in [0.05, 0.1) is 22.2 Å². The molecule has 2 N–H and O–H groups in total. The molecule has 0 bridgehead atoms. The lowest BCUT2D eigenvalue weighted by atomic mass is 10.00. The fraction of sp³-hybridized carbons (Fsp3) is 0.250. The number of fused-ring (bicyclic) bond motifs is 1. The van der Waals surface area contributed by atoms with Crippen LogP contribution in [0.2, 0.25) is 10.0 Å². The molecule has 0 aliphatic carbocycles. The van der Waals surface area contributed by atoms with Crippen molar-refractivity contribution in [2.45, 2.75) is 32.6 Å². The Balaban J connectivity index is 2.16. The minimum Gasteiger partial charge on any atom is -0.481 e. The Morgan fingerprint density at radius 1 is 1.12 bits per heavy atom. The van der Waals surface area contributed by atoms with Gasteiger partial charge in [0.25, 0.3) is 0 Å². The van der Waals surface area contributed by atoms with Gasteiger partial charge in [0.15, 0.2) is 0 Å². The van der Waals surface area contributed by atoms with Crippen LogP contribution in [-0.4, -0.2) is 16.1 Å². The number of H-pyrrole nitrogens is 1. The van der Waals surface area contributed by atoms with Gasteiger partial charge in [-0.3, -0.25) is 4.79 Å². The second kappa shape index (κ2) is 7.51. The molecule has 0 saturated heterocycles. The molecule has 1 aromatic heterocycles. The van der Waals surface area contributed by atoms with Gasteiger partial charge in [-0.2, -0.15) is 0 Å². The van der Waals surface area contributed by atoms with E-state index in [2.05, 4.69) is 24.0 Å². The summed E-state index contributed by atoms with van der Waals surface area (Å²) in [6, 6.07) is 11.5. The smallest absolute Gasteiger partial charge is 0.307 e. The fourth-order valence-corrected chi connectivity index (χ4v) is 3.36. The Hall–Kier alpha value is -1.97. The number of aryl methyl sites for hydroxylation is 1. The van der Waals surface area contributed by atoms with Crippen LogP contribution in [0.5, 0.6) is 0 Å². The minimum absolute atomic E-state index is 0.0488. The fourth-order valence-electron chi connectivity index (χ4n) is 3.06. The number of halogens is 2. The lowest BCUT2D eigenvalue weighted by Crippen LogP contribution is -2.01. The lowest BCUT2D eigenvalue weighted by molar-refractivity contribution is -0.136. The lowest BCUT2D eigenvalue weighted by Gasteiger charge is -2.05. The zero-order valence-corrected chi connectivity index (χ0v) is 15.4. The van der Waals surface area contributed by atoms with Gasteiger partial charge in [-0.15, -0.1) is 0 Å². The number of aromatic amines is 1. The summed E-state index contributed by atoms with van der Waals surface area (Å²) in [6.07, 6.45) is 3.19. The molecule has 5 heteroatoms. The predicted molar refractivity (Wildman–Crippen MR) is 104 cm³/mol. The molecule has 3 aromatic rings. The predicted octanol–water partition coefficient (Wildman–Crippen LogP) is 6.11. The molecule has 0 spiro atoms. The van der Waals surface area contributed by atoms with Gasteiger partial charge in [-0.1, -0.05) is 48.7 Å². The summed E-state index contributed by atoms with van der Waals surface area (Å²) in [5.41, 5.74) is 4.54. The van der Waals surface area contributed by atoms with E-state index in [1.807, 2.05) is 12.1 Å². The Bertz CT molecular complexity index is 931. The van der Waals surface area contributed by atoms with E-state index in [0.717, 1.165) is 47.0 Å². The average molecular weight is 376 g/mol. The molecule has 0 aliphatic rings. The van der Waals surface area contributed by atoms with Crippen LogP contribution in [-0.2, 0) is 17.6 Å². The van der Waals surface area contributed by atoms with Crippen LogP contribution < -0.4 is 0 Å². The van der Waals surface area contributed by atoms with E-state index in [4.69, 9.17) is 23.2 Å². The molecule has 0 aliphatic heterocycles. The number of carbonyl (C=O) groups is 1. The van der Waals surface area contributed by atoms with Crippen molar-refractivity contribution in [3.8, 4) is 11.3 Å². The maximum Gasteiger partial charge on any atom is 0.307 e. The summed E-state index contributed by atoms with van der Waals surface area (Å²) in [6.45, 7) is 2.16. The number of aliphatic carboxylic acids is 1. The van der Waals surface area contributed by atoms with Crippen LogP contribution in [0.4, 0.5) is 0 Å². The molecule has 3 rings (SSSR count). The van der Waals surface area contributed by atoms with Crippen LogP contribution in [0.15, 0.2) is 36.4 Å². The summed E-state index contributed by atoms with van der Waals surface area (Å²) in [4.78, 5) is 14.8. The van der Waals surface area contributed by atoms with E-state index in [9.17, 15) is 9.90 Å². The number of aromatic nitrogens is 1. The standard InChI is InChI=1S/C20H19Cl2NO2/c1-2-3-4-12-5-8-18-14(9-12)15(11-19(24)25)20(23-18)13-6-7-16(21)17(22)10-13/h5-10,23H,2-4,11H2,1H3,(H,24,25). The van der Waals surface area contributed by atoms with Crippen LogP contribution in [0.1, 0.15) is 30.9 Å². The number of carboxylic acids is 1. The molecule has 0 unspecified atom stereocenters. The first kappa shape index (κ1) is 17.8. The highest BCUT2D eigenvalue weighted by molar-refractivity contribution is 6.42. The molecule has 1 heterocycles. The largest absolute Gasteiger partial charge is 0.481 e. The van der Waals surface area contributed by atoms with Crippen LogP contribution in [0.3, 0.4) is 0 Å². The third-order valence-corrected chi connectivity index (χ3v) is 5.06. The molecule has 0 fully saturated rings. The van der Waals surface area contributed by atoms with Gasteiger partial charge in [0, 0.05) is 10.9 Å². The number of rotatable bonds is 6. The second-order valence-corrected chi connectivity index (χ2v) is 6.98. The third kappa shape index (κ3) is 3.83. The van der Waals surface area contributed by atoms with Crippen LogP contribution >= 0.6 is 23.2 Å². The molecular weight excluding hydrogens is 357 g/mol.